The fraction of sp³-hybridized carbons (Fsp3) is 0.700. The van der Waals surface area contributed by atoms with Gasteiger partial charge in [-0.1, -0.05) is 79.1 Å². The molecule has 2 heterocycles. The summed E-state index contributed by atoms with van der Waals surface area (Å²) in [5.74, 6) is 0. The molecule has 0 amide bonds. The molecule has 7 rings (SSSR count). The van der Waals surface area contributed by atoms with E-state index in [4.69, 9.17) is 15.9 Å². The Balaban J connectivity index is 1.33. The van der Waals surface area contributed by atoms with Crippen LogP contribution < -0.4 is 0 Å². The Morgan fingerprint density at radius 2 is 0.662 bits per heavy atom. The third kappa shape index (κ3) is 13.1. The van der Waals surface area contributed by atoms with Crippen LogP contribution in [0.2, 0.25) is 0 Å². The van der Waals surface area contributed by atoms with E-state index in [-0.39, 0.29) is 40.8 Å². The van der Waals surface area contributed by atoms with Crippen LogP contribution in [0, 0.1) is 3.57 Å². The molecule has 2 aromatic heterocycles. The first kappa shape index (κ1) is 54.9. The summed E-state index contributed by atoms with van der Waals surface area (Å²) >= 11 is 6.57. The Morgan fingerprint density at radius 1 is 0.368 bits per heavy atom. The third-order valence-electron chi connectivity index (χ3n) is 16.6. The van der Waals surface area contributed by atoms with Crippen LogP contribution in [0.1, 0.15) is 281 Å². The van der Waals surface area contributed by atoms with Gasteiger partial charge in [-0.3, -0.25) is 0 Å². The van der Waals surface area contributed by atoms with E-state index in [9.17, 15) is 0 Å². The summed E-state index contributed by atoms with van der Waals surface area (Å²) in [6, 6.07) is 10.8. The Labute approximate surface area is 449 Å². The first-order chi connectivity index (χ1) is 33.5. The van der Waals surface area contributed by atoms with E-state index < -0.39 is 0 Å². The van der Waals surface area contributed by atoms with E-state index >= 15 is 0 Å². The number of rotatable bonds is 36. The molecule has 2 aliphatic carbocycles. The molecule has 0 fully saturated rings. The fourth-order valence-corrected chi connectivity index (χ4v) is 17.0. The number of aromatic nitrogens is 4. The monoisotopic (exact) mass is 1230 g/mol. The van der Waals surface area contributed by atoms with Crippen molar-refractivity contribution in [3.05, 3.63) is 54.6 Å². The molecular weight excluding hydrogens is 1140 g/mol. The SMILES string of the molecule is CCCCCCCCCCC1(CCCCCCCCCC)c2cc3c(cc2-c2c1cc(Br)c1n[se]nc21)C(CCCCCCCCCC)(CCCCCCCCCC)c1cc(I)c2n[se]nc2c1-3. The number of halogens is 2. The predicted molar refractivity (Wildman–Crippen MR) is 308 cm³/mol. The van der Waals surface area contributed by atoms with Gasteiger partial charge in [0.1, 0.15) is 0 Å². The van der Waals surface area contributed by atoms with E-state index in [2.05, 4.69) is 90.5 Å². The predicted octanol–water partition coefficient (Wildman–Crippen LogP) is 19.7. The Bertz CT molecular complexity index is 2100. The summed E-state index contributed by atoms with van der Waals surface area (Å²) in [6.07, 6.45) is 48.2. The average molecular weight is 1230 g/mol. The number of benzene rings is 3. The topological polar surface area (TPSA) is 51.6 Å². The molecule has 68 heavy (non-hydrogen) atoms. The average Bonchev–Trinajstić information content (AvgIpc) is 4.14. The molecule has 0 saturated carbocycles. The standard InChI is InChI=1S/C60H88BrIN4Se2/c1-5-9-13-17-21-25-29-33-37-59(38-34-30-26-22-18-14-10-6-2)47-42-46-48(41-45(47)53-49(59)43-51(61)55-57(53)65-67-63-55)60(39-35-31-27-23-19-15-11-7-3,40-36-32-28-24-20-16-12-8-4)50-44-52(62)56-58(54(46)50)66-68-64-56/h41-44H,5-40H2,1-4H3. The number of hydrogen-bond acceptors (Lipinski definition) is 4. The summed E-state index contributed by atoms with van der Waals surface area (Å²) < 4.78 is 23.4. The van der Waals surface area contributed by atoms with Crippen LogP contribution in [0.4, 0.5) is 0 Å². The maximum atomic E-state index is 5.37. The van der Waals surface area contributed by atoms with Gasteiger partial charge >= 0.3 is 374 Å². The molecule has 0 atom stereocenters. The van der Waals surface area contributed by atoms with Gasteiger partial charge in [0, 0.05) is 0 Å². The minimum atomic E-state index is -0.102. The van der Waals surface area contributed by atoms with Gasteiger partial charge in [0.15, 0.2) is 0 Å². The van der Waals surface area contributed by atoms with Crippen molar-refractivity contribution in [3.8, 4) is 22.3 Å². The molecule has 0 radical (unpaired) electrons. The molecule has 3 aromatic carbocycles. The van der Waals surface area contributed by atoms with Crippen LogP contribution in [-0.2, 0) is 10.8 Å². The van der Waals surface area contributed by atoms with Gasteiger partial charge < -0.3 is 0 Å². The summed E-state index contributed by atoms with van der Waals surface area (Å²) in [6.45, 7) is 9.34. The number of fused-ring (bicyclic) bond motifs is 10. The van der Waals surface area contributed by atoms with Crippen LogP contribution in [0.15, 0.2) is 28.7 Å². The summed E-state index contributed by atoms with van der Waals surface area (Å²) in [5, 5.41) is 0. The number of unbranched alkanes of at least 4 members (excludes halogenated alkanes) is 28. The number of hydrogen-bond donors (Lipinski definition) is 0. The Kier molecular flexibility index (Phi) is 23.0. The van der Waals surface area contributed by atoms with E-state index in [0.29, 0.717) is 0 Å². The zero-order chi connectivity index (χ0) is 47.6. The second-order valence-electron chi connectivity index (χ2n) is 21.5. The zero-order valence-electron chi connectivity index (χ0n) is 43.1. The van der Waals surface area contributed by atoms with Gasteiger partial charge in [0.25, 0.3) is 0 Å². The van der Waals surface area contributed by atoms with Crippen molar-refractivity contribution in [1.29, 1.82) is 0 Å². The van der Waals surface area contributed by atoms with Crippen LogP contribution in [0.25, 0.3) is 44.3 Å². The zero-order valence-corrected chi connectivity index (χ0v) is 50.3. The van der Waals surface area contributed by atoms with Gasteiger partial charge in [-0.25, -0.2) is 0 Å². The van der Waals surface area contributed by atoms with Crippen molar-refractivity contribution in [3.63, 3.8) is 0 Å². The molecular formula is C60H88BrIN4Se2. The second kappa shape index (κ2) is 28.5. The third-order valence-corrected chi connectivity index (χ3v) is 20.2. The molecule has 0 saturated heterocycles. The van der Waals surface area contributed by atoms with Crippen LogP contribution in [0.3, 0.4) is 0 Å². The molecule has 2 aliphatic rings. The summed E-state index contributed by atoms with van der Waals surface area (Å²) in [5.41, 5.74) is 16.9. The molecule has 0 unspecified atom stereocenters. The molecule has 4 nitrogen and oxygen atoms in total. The quantitative estimate of drug-likeness (QED) is 0.0228. The van der Waals surface area contributed by atoms with Crippen LogP contribution in [0.5, 0.6) is 0 Å². The van der Waals surface area contributed by atoms with Crippen LogP contribution >= 0.6 is 38.5 Å². The van der Waals surface area contributed by atoms with Gasteiger partial charge in [0.05, 0.1) is 0 Å². The van der Waals surface area contributed by atoms with Gasteiger partial charge in [-0.2, -0.15) is 0 Å². The first-order valence-electron chi connectivity index (χ1n) is 28.6. The van der Waals surface area contributed by atoms with E-state index in [0.717, 1.165) is 9.99 Å². The van der Waals surface area contributed by atoms with Crippen molar-refractivity contribution in [2.24, 2.45) is 0 Å². The normalized spacial score (nSPS) is 14.3. The Hall–Kier alpha value is -0.891. The van der Waals surface area contributed by atoms with Gasteiger partial charge in [-0.15, -0.1) is 0 Å². The number of nitrogens with zero attached hydrogens (tertiary/aromatic N) is 4. The molecule has 0 spiro atoms. The molecule has 0 aliphatic heterocycles. The van der Waals surface area contributed by atoms with Crippen LogP contribution in [-0.4, -0.2) is 45.8 Å². The van der Waals surface area contributed by atoms with Gasteiger partial charge in [-0.05, 0) is 0 Å². The maximum absolute atomic E-state index is 5.37. The molecule has 374 valence electrons. The fourth-order valence-electron chi connectivity index (χ4n) is 12.8. The van der Waals surface area contributed by atoms with Crippen molar-refractivity contribution in [1.82, 2.24) is 15.9 Å². The minimum absolute atomic E-state index is 0.0187. The van der Waals surface area contributed by atoms with Crippen molar-refractivity contribution < 1.29 is 0 Å². The van der Waals surface area contributed by atoms with E-state index in [1.54, 1.807) is 22.3 Å². The molecule has 8 heteroatoms. The van der Waals surface area contributed by atoms with E-state index in [1.807, 2.05) is 0 Å². The molecule has 0 N–H and O–H groups in total. The first-order valence-corrected chi connectivity index (χ1v) is 33.5. The Morgan fingerprint density at radius 3 is 1.03 bits per heavy atom. The van der Waals surface area contributed by atoms with Crippen molar-refractivity contribution in [2.45, 2.75) is 270 Å². The van der Waals surface area contributed by atoms with Gasteiger partial charge in [0.2, 0.25) is 0 Å². The second-order valence-corrected chi connectivity index (χ2v) is 25.7. The van der Waals surface area contributed by atoms with E-state index in [1.165, 1.54) is 274 Å². The summed E-state index contributed by atoms with van der Waals surface area (Å²) in [7, 11) is 0. The summed E-state index contributed by atoms with van der Waals surface area (Å²) in [4.78, 5) is 0. The molecule has 5 aromatic rings. The molecule has 0 bridgehead atoms. The van der Waals surface area contributed by atoms with Crippen molar-refractivity contribution in [2.75, 3.05) is 0 Å². The van der Waals surface area contributed by atoms with Crippen molar-refractivity contribution >= 4 is 90.5 Å².